The molecule has 1 aliphatic heterocycles. The van der Waals surface area contributed by atoms with Crippen molar-refractivity contribution >= 4 is 17.5 Å². The number of halogens is 1. The first kappa shape index (κ1) is 16.4. The Hall–Kier alpha value is -2.41. The van der Waals surface area contributed by atoms with Gasteiger partial charge in [-0.2, -0.15) is 5.10 Å². The number of ether oxygens (including phenoxy) is 1. The summed E-state index contributed by atoms with van der Waals surface area (Å²) in [5.74, 6) is 0.433. The number of hydrogen-bond donors (Lipinski definition) is 0. The van der Waals surface area contributed by atoms with E-state index in [1.54, 1.807) is 23.4 Å². The number of hydrogen-bond acceptors (Lipinski definition) is 5. The van der Waals surface area contributed by atoms with Crippen LogP contribution >= 0.6 is 11.6 Å². The lowest BCUT2D eigenvalue weighted by atomic mass is 10.1. The highest BCUT2D eigenvalue weighted by Crippen LogP contribution is 2.26. The Morgan fingerprint density at radius 2 is 2.04 bits per heavy atom. The Labute approximate surface area is 143 Å². The van der Waals surface area contributed by atoms with Gasteiger partial charge in [-0.05, 0) is 6.07 Å². The van der Waals surface area contributed by atoms with Crippen molar-refractivity contribution in [1.29, 1.82) is 0 Å². The average molecular weight is 349 g/mol. The first-order valence-electron chi connectivity index (χ1n) is 7.64. The van der Waals surface area contributed by atoms with Crippen LogP contribution in [0.4, 0.5) is 0 Å². The van der Waals surface area contributed by atoms with Crippen LogP contribution in [0, 0.1) is 0 Å². The van der Waals surface area contributed by atoms with Gasteiger partial charge in [0, 0.05) is 57.5 Å². The molecule has 0 unspecified atom stereocenters. The maximum Gasteiger partial charge on any atom is 0.274 e. The van der Waals surface area contributed by atoms with E-state index < -0.39 is 0 Å². The number of nitrogens with zero attached hydrogens (tertiary/aromatic N) is 4. The SMILES string of the molecule is Cn1nc(C(=O)N2CCC(Oc3ccncc3Cl)CC2)ccc1=O. The third kappa shape index (κ3) is 3.56. The van der Waals surface area contributed by atoms with E-state index in [1.807, 2.05) is 0 Å². The Balaban J connectivity index is 1.60. The zero-order valence-corrected chi connectivity index (χ0v) is 13.9. The topological polar surface area (TPSA) is 77.3 Å². The van der Waals surface area contributed by atoms with Crippen LogP contribution in [0.2, 0.25) is 5.02 Å². The summed E-state index contributed by atoms with van der Waals surface area (Å²) in [7, 11) is 1.53. The van der Waals surface area contributed by atoms with E-state index in [-0.39, 0.29) is 23.3 Å². The Kier molecular flexibility index (Phi) is 4.80. The van der Waals surface area contributed by atoms with Gasteiger partial charge in [0.25, 0.3) is 11.5 Å². The summed E-state index contributed by atoms with van der Waals surface area (Å²) in [6.45, 7) is 1.13. The maximum atomic E-state index is 12.5. The Morgan fingerprint density at radius 1 is 1.29 bits per heavy atom. The fourth-order valence-corrected chi connectivity index (χ4v) is 2.76. The number of aryl methyl sites for hydroxylation is 1. The number of amides is 1. The van der Waals surface area contributed by atoms with Gasteiger partial charge < -0.3 is 9.64 Å². The molecule has 0 atom stereocenters. The van der Waals surface area contributed by atoms with Crippen molar-refractivity contribution in [3.63, 3.8) is 0 Å². The van der Waals surface area contributed by atoms with Crippen LogP contribution in [0.3, 0.4) is 0 Å². The van der Waals surface area contributed by atoms with Crippen molar-refractivity contribution in [2.24, 2.45) is 7.05 Å². The van der Waals surface area contributed by atoms with E-state index >= 15 is 0 Å². The van der Waals surface area contributed by atoms with Crippen LogP contribution in [0.25, 0.3) is 0 Å². The molecular weight excluding hydrogens is 332 g/mol. The first-order chi connectivity index (χ1) is 11.5. The molecule has 8 heteroatoms. The monoisotopic (exact) mass is 348 g/mol. The van der Waals surface area contributed by atoms with Crippen molar-refractivity contribution in [3.05, 3.63) is 51.7 Å². The highest BCUT2D eigenvalue weighted by Gasteiger charge is 2.26. The minimum Gasteiger partial charge on any atom is -0.489 e. The molecular formula is C16H17ClN4O3. The average Bonchev–Trinajstić information content (AvgIpc) is 2.59. The van der Waals surface area contributed by atoms with E-state index in [0.717, 1.165) is 4.68 Å². The minimum absolute atomic E-state index is 0.00189. The zero-order chi connectivity index (χ0) is 17.1. The molecule has 0 spiro atoms. The standard InChI is InChI=1S/C16H17ClN4O3/c1-20-15(22)3-2-13(19-20)16(23)21-8-5-11(6-9-21)24-14-4-7-18-10-12(14)17/h2-4,7,10-11H,5-6,8-9H2,1H3. The second kappa shape index (κ2) is 7.00. The summed E-state index contributed by atoms with van der Waals surface area (Å²) < 4.78 is 7.04. The molecule has 0 saturated carbocycles. The largest absolute Gasteiger partial charge is 0.489 e. The molecule has 126 valence electrons. The van der Waals surface area contributed by atoms with E-state index in [0.29, 0.717) is 36.7 Å². The fraction of sp³-hybridized carbons (Fsp3) is 0.375. The molecule has 0 radical (unpaired) electrons. The lowest BCUT2D eigenvalue weighted by Crippen LogP contribution is -2.42. The molecule has 7 nitrogen and oxygen atoms in total. The molecule has 0 bridgehead atoms. The van der Waals surface area contributed by atoms with Crippen LogP contribution in [-0.2, 0) is 7.05 Å². The summed E-state index contributed by atoms with van der Waals surface area (Å²) in [6.07, 6.45) is 4.58. The second-order valence-corrected chi connectivity index (χ2v) is 6.00. The first-order valence-corrected chi connectivity index (χ1v) is 8.02. The van der Waals surface area contributed by atoms with Gasteiger partial charge in [0.2, 0.25) is 0 Å². The van der Waals surface area contributed by atoms with Crippen molar-refractivity contribution in [3.8, 4) is 5.75 Å². The van der Waals surface area contributed by atoms with Crippen LogP contribution in [0.5, 0.6) is 5.75 Å². The molecule has 1 aliphatic rings. The molecule has 2 aromatic rings. The van der Waals surface area contributed by atoms with Crippen LogP contribution < -0.4 is 10.3 Å². The lowest BCUT2D eigenvalue weighted by molar-refractivity contribution is 0.0588. The molecule has 24 heavy (non-hydrogen) atoms. The second-order valence-electron chi connectivity index (χ2n) is 5.60. The van der Waals surface area contributed by atoms with E-state index in [2.05, 4.69) is 10.1 Å². The number of rotatable bonds is 3. The highest BCUT2D eigenvalue weighted by atomic mass is 35.5. The van der Waals surface area contributed by atoms with Gasteiger partial charge >= 0.3 is 0 Å². The van der Waals surface area contributed by atoms with Crippen molar-refractivity contribution in [1.82, 2.24) is 19.7 Å². The van der Waals surface area contributed by atoms with E-state index in [1.165, 1.54) is 19.2 Å². The van der Waals surface area contributed by atoms with Gasteiger partial charge in [0.05, 0.1) is 0 Å². The smallest absolute Gasteiger partial charge is 0.274 e. The zero-order valence-electron chi connectivity index (χ0n) is 13.2. The number of aromatic nitrogens is 3. The molecule has 0 aliphatic carbocycles. The van der Waals surface area contributed by atoms with Gasteiger partial charge in [-0.1, -0.05) is 11.6 Å². The fourth-order valence-electron chi connectivity index (χ4n) is 2.59. The summed E-state index contributed by atoms with van der Waals surface area (Å²) in [5.41, 5.74) is 0.0292. The van der Waals surface area contributed by atoms with Gasteiger partial charge in [-0.25, -0.2) is 4.68 Å². The van der Waals surface area contributed by atoms with Gasteiger partial charge in [0.1, 0.15) is 22.6 Å². The number of pyridine rings is 1. The van der Waals surface area contributed by atoms with Crippen molar-refractivity contribution < 1.29 is 9.53 Å². The third-order valence-corrected chi connectivity index (χ3v) is 4.22. The summed E-state index contributed by atoms with van der Waals surface area (Å²) in [6, 6.07) is 4.54. The number of likely N-dealkylation sites (tertiary alicyclic amines) is 1. The molecule has 1 amide bonds. The summed E-state index contributed by atoms with van der Waals surface area (Å²) in [4.78, 5) is 29.5. The predicted molar refractivity (Wildman–Crippen MR) is 88.3 cm³/mol. The Morgan fingerprint density at radius 3 is 2.71 bits per heavy atom. The van der Waals surface area contributed by atoms with Gasteiger partial charge in [-0.15, -0.1) is 0 Å². The number of piperidine rings is 1. The van der Waals surface area contributed by atoms with Gasteiger partial charge in [0.15, 0.2) is 0 Å². The molecule has 1 saturated heterocycles. The molecule has 1 fully saturated rings. The normalized spacial score (nSPS) is 15.3. The van der Waals surface area contributed by atoms with Crippen molar-refractivity contribution in [2.75, 3.05) is 13.1 Å². The summed E-state index contributed by atoms with van der Waals surface area (Å²) in [5, 5.41) is 4.48. The predicted octanol–water partition coefficient (Wildman–Crippen LogP) is 1.51. The van der Waals surface area contributed by atoms with Crippen LogP contribution in [0.1, 0.15) is 23.3 Å². The van der Waals surface area contributed by atoms with Crippen LogP contribution in [-0.4, -0.2) is 44.8 Å². The van der Waals surface area contributed by atoms with Crippen molar-refractivity contribution in [2.45, 2.75) is 18.9 Å². The quantitative estimate of drug-likeness (QED) is 0.840. The molecule has 2 aromatic heterocycles. The summed E-state index contributed by atoms with van der Waals surface area (Å²) >= 11 is 6.04. The highest BCUT2D eigenvalue weighted by molar-refractivity contribution is 6.31. The van der Waals surface area contributed by atoms with E-state index in [9.17, 15) is 9.59 Å². The maximum absolute atomic E-state index is 12.5. The number of carbonyl (C=O) groups is 1. The minimum atomic E-state index is -0.243. The third-order valence-electron chi connectivity index (χ3n) is 3.94. The molecule has 0 aromatic carbocycles. The number of carbonyl (C=O) groups excluding carboxylic acids is 1. The molecule has 3 heterocycles. The Bertz CT molecular complexity index is 800. The molecule has 0 N–H and O–H groups in total. The molecule has 3 rings (SSSR count). The van der Waals surface area contributed by atoms with Gasteiger partial charge in [-0.3, -0.25) is 14.6 Å². The lowest BCUT2D eigenvalue weighted by Gasteiger charge is -2.32. The van der Waals surface area contributed by atoms with E-state index in [4.69, 9.17) is 16.3 Å². The van der Waals surface area contributed by atoms with Crippen LogP contribution in [0.15, 0.2) is 35.4 Å².